The molecule has 0 bridgehead atoms. The summed E-state index contributed by atoms with van der Waals surface area (Å²) in [4.78, 5) is 21.8. The van der Waals surface area contributed by atoms with Crippen molar-refractivity contribution in [3.05, 3.63) is 36.0 Å². The van der Waals surface area contributed by atoms with Crippen LogP contribution in [0.15, 0.2) is 36.0 Å². The standard InChI is InChI=1S/C11H14O2/c1-5-6-11(10(4)13)7-8(2)9(3)12/h5-7H,2H2,1,3-4H3/b6-5-,11-7+. The van der Waals surface area contributed by atoms with Gasteiger partial charge in [-0.3, -0.25) is 9.59 Å². The Morgan fingerprint density at radius 1 is 1.15 bits per heavy atom. The largest absolute Gasteiger partial charge is 0.295 e. The molecule has 0 fully saturated rings. The summed E-state index contributed by atoms with van der Waals surface area (Å²) < 4.78 is 0. The third-order valence-electron chi connectivity index (χ3n) is 1.53. The van der Waals surface area contributed by atoms with Crippen LogP contribution in [0.5, 0.6) is 0 Å². The van der Waals surface area contributed by atoms with Gasteiger partial charge < -0.3 is 0 Å². The van der Waals surface area contributed by atoms with Gasteiger partial charge in [-0.25, -0.2) is 0 Å². The zero-order chi connectivity index (χ0) is 10.4. The first-order valence-electron chi connectivity index (χ1n) is 4.04. The first kappa shape index (κ1) is 11.6. The van der Waals surface area contributed by atoms with Gasteiger partial charge in [0, 0.05) is 11.1 Å². The molecule has 0 rings (SSSR count). The van der Waals surface area contributed by atoms with Crippen LogP contribution < -0.4 is 0 Å². The topological polar surface area (TPSA) is 34.1 Å². The van der Waals surface area contributed by atoms with Crippen molar-refractivity contribution in [1.82, 2.24) is 0 Å². The van der Waals surface area contributed by atoms with Crippen molar-refractivity contribution in [2.45, 2.75) is 20.8 Å². The Hall–Kier alpha value is -1.44. The molecule has 0 radical (unpaired) electrons. The molecule has 0 aliphatic carbocycles. The first-order chi connectivity index (χ1) is 5.99. The lowest BCUT2D eigenvalue weighted by atomic mass is 10.1. The van der Waals surface area contributed by atoms with Crippen LogP contribution in [-0.2, 0) is 9.59 Å². The molecule has 0 aromatic rings. The molecule has 0 aliphatic heterocycles. The van der Waals surface area contributed by atoms with Gasteiger partial charge in [0.25, 0.3) is 0 Å². The SMILES string of the molecule is C=C(/C=C(\C=C/C)C(C)=O)C(C)=O. The highest BCUT2D eigenvalue weighted by atomic mass is 16.1. The maximum absolute atomic E-state index is 11.0. The van der Waals surface area contributed by atoms with Gasteiger partial charge in [-0.1, -0.05) is 18.7 Å². The van der Waals surface area contributed by atoms with E-state index in [1.54, 1.807) is 12.2 Å². The van der Waals surface area contributed by atoms with Crippen molar-refractivity contribution in [3.8, 4) is 0 Å². The van der Waals surface area contributed by atoms with E-state index in [1.165, 1.54) is 19.9 Å². The van der Waals surface area contributed by atoms with Gasteiger partial charge in [0.2, 0.25) is 0 Å². The minimum Gasteiger partial charge on any atom is -0.295 e. The Morgan fingerprint density at radius 2 is 1.69 bits per heavy atom. The lowest BCUT2D eigenvalue weighted by Gasteiger charge is -1.96. The Balaban J connectivity index is 4.84. The van der Waals surface area contributed by atoms with Gasteiger partial charge in [0.05, 0.1) is 0 Å². The third-order valence-corrected chi connectivity index (χ3v) is 1.53. The molecule has 0 unspecified atom stereocenters. The Kier molecular flexibility index (Phi) is 4.67. The highest BCUT2D eigenvalue weighted by Gasteiger charge is 2.02. The van der Waals surface area contributed by atoms with Gasteiger partial charge >= 0.3 is 0 Å². The van der Waals surface area contributed by atoms with Crippen LogP contribution in [0.25, 0.3) is 0 Å². The minimum atomic E-state index is -0.122. The van der Waals surface area contributed by atoms with Crippen molar-refractivity contribution >= 4 is 11.6 Å². The second kappa shape index (κ2) is 5.25. The second-order valence-electron chi connectivity index (χ2n) is 2.74. The molecular weight excluding hydrogens is 164 g/mol. The predicted molar refractivity (Wildman–Crippen MR) is 53.4 cm³/mol. The smallest absolute Gasteiger partial charge is 0.159 e. The molecule has 0 saturated heterocycles. The summed E-state index contributed by atoms with van der Waals surface area (Å²) in [6.45, 7) is 8.24. The van der Waals surface area contributed by atoms with E-state index < -0.39 is 0 Å². The summed E-state index contributed by atoms with van der Waals surface area (Å²) in [7, 11) is 0. The number of ketones is 2. The molecular formula is C11H14O2. The first-order valence-corrected chi connectivity index (χ1v) is 4.04. The van der Waals surface area contributed by atoms with Gasteiger partial charge in [-0.2, -0.15) is 0 Å². The average molecular weight is 178 g/mol. The molecule has 2 nitrogen and oxygen atoms in total. The monoisotopic (exact) mass is 178 g/mol. The zero-order valence-corrected chi connectivity index (χ0v) is 8.26. The molecule has 0 aliphatic rings. The summed E-state index contributed by atoms with van der Waals surface area (Å²) in [5.41, 5.74) is 0.853. The van der Waals surface area contributed by atoms with E-state index in [0.717, 1.165) is 0 Å². The lowest BCUT2D eigenvalue weighted by molar-refractivity contribution is -0.113. The van der Waals surface area contributed by atoms with Crippen LogP contribution in [0.3, 0.4) is 0 Å². The van der Waals surface area contributed by atoms with Crippen LogP contribution in [-0.4, -0.2) is 11.6 Å². The number of Topliss-reactive ketones (excluding diaryl/α,β-unsaturated/α-hetero) is 2. The van der Waals surface area contributed by atoms with E-state index in [1.807, 2.05) is 6.92 Å². The fourth-order valence-corrected chi connectivity index (χ4v) is 0.736. The quantitative estimate of drug-likeness (QED) is 0.488. The summed E-state index contributed by atoms with van der Waals surface area (Å²) in [5, 5.41) is 0. The Bertz CT molecular complexity index is 293. The lowest BCUT2D eigenvalue weighted by Crippen LogP contribution is -1.97. The summed E-state index contributed by atoms with van der Waals surface area (Å²) in [6.07, 6.45) is 4.92. The molecule has 70 valence electrons. The number of carbonyl (C=O) groups excluding carboxylic acids is 2. The zero-order valence-electron chi connectivity index (χ0n) is 8.26. The normalized spacial score (nSPS) is 11.8. The van der Waals surface area contributed by atoms with Crippen molar-refractivity contribution in [2.24, 2.45) is 0 Å². The van der Waals surface area contributed by atoms with Crippen LogP contribution in [0, 0.1) is 0 Å². The molecule has 13 heavy (non-hydrogen) atoms. The highest BCUT2D eigenvalue weighted by Crippen LogP contribution is 2.05. The molecule has 2 heteroatoms. The number of allylic oxidation sites excluding steroid dienone is 5. The van der Waals surface area contributed by atoms with Gasteiger partial charge in [0.15, 0.2) is 11.6 Å². The van der Waals surface area contributed by atoms with Gasteiger partial charge in [-0.15, -0.1) is 0 Å². The minimum absolute atomic E-state index is 0.0690. The Labute approximate surface area is 78.6 Å². The summed E-state index contributed by atoms with van der Waals surface area (Å²) >= 11 is 0. The van der Waals surface area contributed by atoms with Crippen molar-refractivity contribution in [1.29, 1.82) is 0 Å². The molecule has 0 aromatic heterocycles. The van der Waals surface area contributed by atoms with Crippen LogP contribution in [0.2, 0.25) is 0 Å². The third kappa shape index (κ3) is 4.21. The number of hydrogen-bond donors (Lipinski definition) is 0. The van der Waals surface area contributed by atoms with Gasteiger partial charge in [-0.05, 0) is 26.8 Å². The van der Waals surface area contributed by atoms with Crippen LogP contribution >= 0.6 is 0 Å². The van der Waals surface area contributed by atoms with E-state index in [4.69, 9.17) is 0 Å². The maximum Gasteiger partial charge on any atom is 0.159 e. The molecule has 0 saturated carbocycles. The van der Waals surface area contributed by atoms with Crippen molar-refractivity contribution in [3.63, 3.8) is 0 Å². The molecule has 0 aromatic carbocycles. The maximum atomic E-state index is 11.0. The Morgan fingerprint density at radius 3 is 2.00 bits per heavy atom. The van der Waals surface area contributed by atoms with Crippen molar-refractivity contribution < 1.29 is 9.59 Å². The number of hydrogen-bond acceptors (Lipinski definition) is 2. The van der Waals surface area contributed by atoms with E-state index >= 15 is 0 Å². The molecule has 0 amide bonds. The van der Waals surface area contributed by atoms with E-state index in [9.17, 15) is 9.59 Å². The molecule has 0 N–H and O–H groups in total. The average Bonchev–Trinajstić information content (AvgIpc) is 2.03. The van der Waals surface area contributed by atoms with Crippen LogP contribution in [0.4, 0.5) is 0 Å². The van der Waals surface area contributed by atoms with E-state index in [0.29, 0.717) is 11.1 Å². The van der Waals surface area contributed by atoms with Crippen molar-refractivity contribution in [2.75, 3.05) is 0 Å². The van der Waals surface area contributed by atoms with Gasteiger partial charge in [0.1, 0.15) is 0 Å². The predicted octanol–water partition coefficient (Wildman–Crippen LogP) is 2.22. The van der Waals surface area contributed by atoms with E-state index in [2.05, 4.69) is 6.58 Å². The van der Waals surface area contributed by atoms with E-state index in [-0.39, 0.29) is 11.6 Å². The number of rotatable bonds is 4. The molecule has 0 atom stereocenters. The number of carbonyl (C=O) groups is 2. The fourth-order valence-electron chi connectivity index (χ4n) is 0.736. The second-order valence-corrected chi connectivity index (χ2v) is 2.74. The highest BCUT2D eigenvalue weighted by molar-refractivity contribution is 6.01. The molecule has 0 spiro atoms. The summed E-state index contributed by atoms with van der Waals surface area (Å²) in [5.74, 6) is -0.191. The molecule has 0 heterocycles. The van der Waals surface area contributed by atoms with Crippen LogP contribution in [0.1, 0.15) is 20.8 Å². The fraction of sp³-hybridized carbons (Fsp3) is 0.273. The summed E-state index contributed by atoms with van der Waals surface area (Å²) in [6, 6.07) is 0.